The maximum atomic E-state index is 12.5. The van der Waals surface area contributed by atoms with Crippen molar-refractivity contribution < 1.29 is 18.0 Å². The predicted molar refractivity (Wildman–Crippen MR) is 90.7 cm³/mol. The van der Waals surface area contributed by atoms with E-state index in [1.807, 2.05) is 12.3 Å². The van der Waals surface area contributed by atoms with E-state index in [0.717, 1.165) is 17.0 Å². The van der Waals surface area contributed by atoms with Gasteiger partial charge in [0, 0.05) is 11.4 Å². The number of thioether (sulfide) groups is 1. The highest BCUT2D eigenvalue weighted by Crippen LogP contribution is 2.29. The smallest absolute Gasteiger partial charge is 0.352 e. The quantitative estimate of drug-likeness (QED) is 0.743. The highest BCUT2D eigenvalue weighted by atomic mass is 35.5. The molecule has 2 aromatic rings. The minimum absolute atomic E-state index is 0.303. The minimum atomic E-state index is -4.34. The molecule has 0 saturated carbocycles. The fraction of sp³-hybridized carbons (Fsp3) is 0.235. The number of amides is 1. The zero-order valence-corrected chi connectivity index (χ0v) is 14.4. The van der Waals surface area contributed by atoms with E-state index in [0.29, 0.717) is 29.1 Å². The van der Waals surface area contributed by atoms with E-state index in [2.05, 4.69) is 5.32 Å². The summed E-state index contributed by atoms with van der Waals surface area (Å²) in [6.07, 6.45) is -2.01. The first-order chi connectivity index (χ1) is 11.3. The van der Waals surface area contributed by atoms with Crippen LogP contribution < -0.4 is 5.32 Å². The van der Waals surface area contributed by atoms with Crippen molar-refractivity contribution in [2.75, 3.05) is 12.8 Å². The van der Waals surface area contributed by atoms with Crippen molar-refractivity contribution in [3.05, 3.63) is 64.2 Å². The number of rotatable bonds is 5. The number of carbonyl (C=O) groups excluding carboxylic acids is 1. The van der Waals surface area contributed by atoms with Crippen LogP contribution >= 0.6 is 23.4 Å². The highest BCUT2D eigenvalue weighted by molar-refractivity contribution is 7.98. The van der Waals surface area contributed by atoms with Crippen LogP contribution in [0.3, 0.4) is 0 Å². The van der Waals surface area contributed by atoms with Gasteiger partial charge in [0.2, 0.25) is 0 Å². The van der Waals surface area contributed by atoms with Gasteiger partial charge in [-0.2, -0.15) is 13.2 Å². The second kappa shape index (κ2) is 7.94. The molecule has 0 unspecified atom stereocenters. The van der Waals surface area contributed by atoms with Gasteiger partial charge in [0.1, 0.15) is 0 Å². The third-order valence-corrected chi connectivity index (χ3v) is 4.45. The molecule has 0 aromatic heterocycles. The van der Waals surface area contributed by atoms with E-state index in [9.17, 15) is 18.0 Å². The molecule has 128 valence electrons. The van der Waals surface area contributed by atoms with Crippen molar-refractivity contribution in [1.82, 2.24) is 5.32 Å². The Balaban J connectivity index is 1.93. The van der Waals surface area contributed by atoms with Crippen LogP contribution in [-0.4, -0.2) is 18.7 Å². The standard InChI is InChI=1S/C17H15ClF3NOS/c1-24-13-6-7-15(18)14(10-13)16(23)22-9-8-11-2-4-12(5-3-11)17(19,20)21/h2-7,10H,8-9H2,1H3,(H,22,23). The molecule has 2 aromatic carbocycles. The van der Waals surface area contributed by atoms with Gasteiger partial charge in [-0.3, -0.25) is 4.79 Å². The van der Waals surface area contributed by atoms with Crippen LogP contribution in [0.4, 0.5) is 13.2 Å². The molecule has 1 N–H and O–H groups in total. The van der Waals surface area contributed by atoms with Crippen LogP contribution in [0.5, 0.6) is 0 Å². The normalized spacial score (nSPS) is 11.4. The fourth-order valence-corrected chi connectivity index (χ4v) is 2.72. The first-order valence-corrected chi connectivity index (χ1v) is 8.69. The molecular weight excluding hydrogens is 359 g/mol. The number of hydrogen-bond acceptors (Lipinski definition) is 2. The van der Waals surface area contributed by atoms with Crippen LogP contribution in [0.1, 0.15) is 21.5 Å². The van der Waals surface area contributed by atoms with Crippen LogP contribution in [-0.2, 0) is 12.6 Å². The van der Waals surface area contributed by atoms with Crippen LogP contribution in [0.25, 0.3) is 0 Å². The van der Waals surface area contributed by atoms with Gasteiger partial charge < -0.3 is 5.32 Å². The van der Waals surface area contributed by atoms with E-state index in [1.165, 1.54) is 23.9 Å². The molecule has 1 amide bonds. The lowest BCUT2D eigenvalue weighted by molar-refractivity contribution is -0.137. The Morgan fingerprint density at radius 2 is 1.83 bits per heavy atom. The molecule has 2 nitrogen and oxygen atoms in total. The lowest BCUT2D eigenvalue weighted by atomic mass is 10.1. The third-order valence-electron chi connectivity index (χ3n) is 3.40. The summed E-state index contributed by atoms with van der Waals surface area (Å²) in [5.41, 5.74) is 0.416. The monoisotopic (exact) mass is 373 g/mol. The minimum Gasteiger partial charge on any atom is -0.352 e. The van der Waals surface area contributed by atoms with Crippen molar-refractivity contribution in [1.29, 1.82) is 0 Å². The molecule has 0 radical (unpaired) electrons. The summed E-state index contributed by atoms with van der Waals surface area (Å²) in [7, 11) is 0. The lowest BCUT2D eigenvalue weighted by Gasteiger charge is -2.09. The number of hydrogen-bond donors (Lipinski definition) is 1. The van der Waals surface area contributed by atoms with Gasteiger partial charge in [0.25, 0.3) is 5.91 Å². The largest absolute Gasteiger partial charge is 0.416 e. The molecule has 0 saturated heterocycles. The zero-order chi connectivity index (χ0) is 17.7. The number of nitrogens with one attached hydrogen (secondary N) is 1. The second-order valence-corrected chi connectivity index (χ2v) is 6.33. The molecule has 0 heterocycles. The summed E-state index contributed by atoms with van der Waals surface area (Å²) in [5.74, 6) is -0.303. The zero-order valence-electron chi connectivity index (χ0n) is 12.8. The Morgan fingerprint density at radius 1 is 1.17 bits per heavy atom. The van der Waals surface area contributed by atoms with Crippen molar-refractivity contribution in [3.63, 3.8) is 0 Å². The van der Waals surface area contributed by atoms with E-state index in [4.69, 9.17) is 11.6 Å². The molecule has 0 aliphatic rings. The molecule has 7 heteroatoms. The summed E-state index contributed by atoms with van der Waals surface area (Å²) in [4.78, 5) is 13.1. The summed E-state index contributed by atoms with van der Waals surface area (Å²) >= 11 is 7.53. The summed E-state index contributed by atoms with van der Waals surface area (Å²) in [5, 5.41) is 3.09. The van der Waals surface area contributed by atoms with Gasteiger partial charge in [-0.05, 0) is 48.6 Å². The number of halogens is 4. The average molecular weight is 374 g/mol. The Labute approximate surface area is 147 Å². The molecule has 0 bridgehead atoms. The number of benzene rings is 2. The summed E-state index contributed by atoms with van der Waals surface area (Å²) in [6, 6.07) is 10.1. The second-order valence-electron chi connectivity index (χ2n) is 5.05. The van der Waals surface area contributed by atoms with Gasteiger partial charge in [-0.15, -0.1) is 11.8 Å². The maximum absolute atomic E-state index is 12.5. The Hall–Kier alpha value is -1.66. The highest BCUT2D eigenvalue weighted by Gasteiger charge is 2.29. The Morgan fingerprint density at radius 3 is 2.42 bits per heavy atom. The summed E-state index contributed by atoms with van der Waals surface area (Å²) in [6.45, 7) is 0.310. The predicted octanol–water partition coefficient (Wildman–Crippen LogP) is 5.05. The van der Waals surface area contributed by atoms with Gasteiger partial charge in [0.15, 0.2) is 0 Å². The van der Waals surface area contributed by atoms with Gasteiger partial charge in [-0.1, -0.05) is 23.7 Å². The molecule has 0 fully saturated rings. The molecular formula is C17H15ClF3NOS. The van der Waals surface area contributed by atoms with Crippen molar-refractivity contribution >= 4 is 29.3 Å². The van der Waals surface area contributed by atoms with E-state index < -0.39 is 11.7 Å². The van der Waals surface area contributed by atoms with E-state index in [1.54, 1.807) is 12.1 Å². The number of alkyl halides is 3. The average Bonchev–Trinajstić information content (AvgIpc) is 2.55. The molecule has 0 spiro atoms. The van der Waals surface area contributed by atoms with Gasteiger partial charge in [-0.25, -0.2) is 0 Å². The van der Waals surface area contributed by atoms with Crippen LogP contribution in [0, 0.1) is 0 Å². The van der Waals surface area contributed by atoms with E-state index >= 15 is 0 Å². The van der Waals surface area contributed by atoms with E-state index in [-0.39, 0.29) is 5.91 Å². The van der Waals surface area contributed by atoms with Gasteiger partial charge in [0.05, 0.1) is 16.1 Å². The molecule has 0 aliphatic heterocycles. The molecule has 0 aliphatic carbocycles. The van der Waals surface area contributed by atoms with Gasteiger partial charge >= 0.3 is 6.18 Å². The van der Waals surface area contributed by atoms with Crippen LogP contribution in [0.15, 0.2) is 47.4 Å². The first-order valence-electron chi connectivity index (χ1n) is 7.09. The third kappa shape index (κ3) is 4.92. The molecule has 0 atom stereocenters. The molecule has 2 rings (SSSR count). The Bertz CT molecular complexity index is 717. The van der Waals surface area contributed by atoms with Crippen molar-refractivity contribution in [3.8, 4) is 0 Å². The van der Waals surface area contributed by atoms with Crippen molar-refractivity contribution in [2.45, 2.75) is 17.5 Å². The van der Waals surface area contributed by atoms with Crippen molar-refractivity contribution in [2.24, 2.45) is 0 Å². The first kappa shape index (κ1) is 18.7. The maximum Gasteiger partial charge on any atom is 0.416 e. The topological polar surface area (TPSA) is 29.1 Å². The van der Waals surface area contributed by atoms with Crippen LogP contribution in [0.2, 0.25) is 5.02 Å². The SMILES string of the molecule is CSc1ccc(Cl)c(C(=O)NCCc2ccc(C(F)(F)F)cc2)c1. The summed E-state index contributed by atoms with van der Waals surface area (Å²) < 4.78 is 37.5. The number of carbonyl (C=O) groups is 1. The fourth-order valence-electron chi connectivity index (χ4n) is 2.08. The Kier molecular flexibility index (Phi) is 6.18. The molecule has 24 heavy (non-hydrogen) atoms. The lowest BCUT2D eigenvalue weighted by Crippen LogP contribution is -2.26.